The summed E-state index contributed by atoms with van der Waals surface area (Å²) in [6.07, 6.45) is -2.15. The minimum atomic E-state index is -1.25. The van der Waals surface area contributed by atoms with Crippen LogP contribution < -0.4 is 5.73 Å². The summed E-state index contributed by atoms with van der Waals surface area (Å²) in [6, 6.07) is 0. The Hall–Kier alpha value is -5.04. The van der Waals surface area contributed by atoms with Gasteiger partial charge in [0.2, 0.25) is 18.3 Å². The van der Waals surface area contributed by atoms with Crippen LogP contribution in [0.2, 0.25) is 0 Å². The number of ether oxygens (including phenoxy) is 9. The van der Waals surface area contributed by atoms with Gasteiger partial charge in [-0.1, -0.05) is 54.5 Å². The van der Waals surface area contributed by atoms with Crippen molar-refractivity contribution in [3.63, 3.8) is 0 Å². The highest BCUT2D eigenvalue weighted by atomic mass is 16.8. The van der Waals surface area contributed by atoms with Crippen molar-refractivity contribution in [1.82, 2.24) is 4.90 Å². The number of rotatable bonds is 18. The molecule has 0 spiro atoms. The number of hydrogen-bond donors (Lipinski definition) is 1. The number of amides is 1. The summed E-state index contributed by atoms with van der Waals surface area (Å²) in [6.45, 7) is 10.9. The molecule has 1 unspecified atom stereocenters. The average molecular weight is 799 g/mol. The molecule has 0 aromatic heterocycles. The van der Waals surface area contributed by atoms with Gasteiger partial charge < -0.3 is 53.3 Å². The van der Waals surface area contributed by atoms with Crippen LogP contribution in [0.3, 0.4) is 0 Å². The summed E-state index contributed by atoms with van der Waals surface area (Å²) in [5.74, 6) is -4.23. The van der Waals surface area contributed by atoms with Crippen LogP contribution in [0.15, 0.2) is 24.0 Å². The van der Waals surface area contributed by atoms with Crippen molar-refractivity contribution in [3.8, 4) is 0 Å². The second kappa shape index (κ2) is 23.8. The molecule has 3 heterocycles. The van der Waals surface area contributed by atoms with Gasteiger partial charge in [0.05, 0.1) is 0 Å². The van der Waals surface area contributed by atoms with Gasteiger partial charge in [-0.15, -0.1) is 0 Å². The van der Waals surface area contributed by atoms with Crippen LogP contribution in [-0.2, 0) is 81.0 Å². The number of carbonyl (C=O) groups excluding carboxylic acids is 8. The predicted octanol–water partition coefficient (Wildman–Crippen LogP) is 2.16. The largest absolute Gasteiger partial charge is 0.463 e. The first-order valence-corrected chi connectivity index (χ1v) is 18.7. The molecule has 2 fully saturated rings. The number of esters is 7. The molecular formula is C37H54N2O17. The topological polar surface area (TPSA) is 249 Å². The van der Waals surface area contributed by atoms with E-state index in [0.29, 0.717) is 12.0 Å². The van der Waals surface area contributed by atoms with Crippen LogP contribution in [0.4, 0.5) is 0 Å². The first-order valence-electron chi connectivity index (χ1n) is 18.7. The molecule has 0 aliphatic carbocycles. The van der Waals surface area contributed by atoms with E-state index in [9.17, 15) is 38.4 Å². The van der Waals surface area contributed by atoms with Crippen LogP contribution in [0, 0.1) is 0 Å². The lowest BCUT2D eigenvalue weighted by Crippen LogP contribution is -2.45. The molecule has 3 aliphatic rings. The molecule has 19 nitrogen and oxygen atoms in total. The van der Waals surface area contributed by atoms with E-state index in [-0.39, 0.29) is 58.2 Å². The minimum Gasteiger partial charge on any atom is -0.463 e. The SMILES string of the molecule is CCC(=O)OC[C@H]1OC(OC(=O)CC)[C@H](OC(=O)CC)[C@@H]1OC(=O)CC.CCC(=O)OC[C@H]1O[C@@H](N2C=CCC(C(N)=O)=C2)[C@H](OC(=O)CC)[C@@H]1OC(=O)CC. The molecule has 0 saturated carbocycles. The molecule has 0 radical (unpaired) electrons. The first-order chi connectivity index (χ1) is 26.7. The fourth-order valence-electron chi connectivity index (χ4n) is 5.15. The van der Waals surface area contributed by atoms with Gasteiger partial charge in [0.25, 0.3) is 0 Å². The van der Waals surface area contributed by atoms with Crippen molar-refractivity contribution < 1.29 is 81.0 Å². The Labute approximate surface area is 325 Å². The van der Waals surface area contributed by atoms with Crippen LogP contribution in [-0.4, -0.2) is 115 Å². The molecule has 2 N–H and O–H groups in total. The maximum absolute atomic E-state index is 12.1. The van der Waals surface area contributed by atoms with Crippen LogP contribution in [0.25, 0.3) is 0 Å². The fraction of sp³-hybridized carbons (Fsp3) is 0.676. The maximum atomic E-state index is 12.1. The normalized spacial score (nSPS) is 25.1. The second-order valence-electron chi connectivity index (χ2n) is 12.3. The molecule has 19 heteroatoms. The second-order valence-corrected chi connectivity index (χ2v) is 12.3. The zero-order chi connectivity index (χ0) is 41.9. The Bertz CT molecular complexity index is 1460. The van der Waals surface area contributed by atoms with E-state index in [1.807, 2.05) is 0 Å². The summed E-state index contributed by atoms with van der Waals surface area (Å²) < 4.78 is 48.6. The van der Waals surface area contributed by atoms with Gasteiger partial charge in [0.15, 0.2) is 24.5 Å². The van der Waals surface area contributed by atoms with Crippen LogP contribution in [0.1, 0.15) is 99.8 Å². The van der Waals surface area contributed by atoms with E-state index in [1.54, 1.807) is 60.7 Å². The van der Waals surface area contributed by atoms with E-state index in [4.69, 9.17) is 48.4 Å². The van der Waals surface area contributed by atoms with E-state index in [2.05, 4.69) is 0 Å². The Morgan fingerprint density at radius 3 is 1.41 bits per heavy atom. The molecule has 0 bridgehead atoms. The molecule has 0 aromatic rings. The van der Waals surface area contributed by atoms with Crippen molar-refractivity contribution >= 4 is 47.7 Å². The van der Waals surface area contributed by atoms with Gasteiger partial charge >= 0.3 is 41.8 Å². The van der Waals surface area contributed by atoms with Gasteiger partial charge in [-0.2, -0.15) is 0 Å². The third-order valence-electron chi connectivity index (χ3n) is 8.24. The summed E-state index contributed by atoms with van der Waals surface area (Å²) >= 11 is 0. The van der Waals surface area contributed by atoms with Gasteiger partial charge in [-0.25, -0.2) is 0 Å². The fourth-order valence-corrected chi connectivity index (χ4v) is 5.15. The smallest absolute Gasteiger partial charge is 0.307 e. The van der Waals surface area contributed by atoms with Crippen molar-refractivity contribution in [1.29, 1.82) is 0 Å². The zero-order valence-electron chi connectivity index (χ0n) is 32.9. The maximum Gasteiger partial charge on any atom is 0.307 e. The first kappa shape index (κ1) is 47.1. The highest BCUT2D eigenvalue weighted by molar-refractivity contribution is 5.92. The highest BCUT2D eigenvalue weighted by Gasteiger charge is 2.53. The lowest BCUT2D eigenvalue weighted by Gasteiger charge is -2.30. The number of primary amides is 1. The van der Waals surface area contributed by atoms with Crippen LogP contribution >= 0.6 is 0 Å². The van der Waals surface area contributed by atoms with Crippen LogP contribution in [0.5, 0.6) is 0 Å². The molecule has 1 amide bonds. The number of nitrogens with zero attached hydrogens (tertiary/aromatic N) is 1. The quantitative estimate of drug-likeness (QED) is 0.154. The third kappa shape index (κ3) is 14.2. The molecule has 3 rings (SSSR count). The Morgan fingerprint density at radius 2 is 0.964 bits per heavy atom. The molecular weight excluding hydrogens is 744 g/mol. The minimum absolute atomic E-state index is 0.0782. The van der Waals surface area contributed by atoms with Gasteiger partial charge in [-0.05, 0) is 6.42 Å². The number of allylic oxidation sites excluding steroid dienone is 1. The van der Waals surface area contributed by atoms with E-state index < -0.39 is 96.8 Å². The van der Waals surface area contributed by atoms with E-state index >= 15 is 0 Å². The van der Waals surface area contributed by atoms with Gasteiger partial charge in [-0.3, -0.25) is 38.4 Å². The number of nitrogens with two attached hydrogens (primary N) is 1. The number of hydrogen-bond acceptors (Lipinski definition) is 18. The number of carbonyl (C=O) groups is 8. The Morgan fingerprint density at radius 1 is 0.571 bits per heavy atom. The summed E-state index contributed by atoms with van der Waals surface area (Å²) in [4.78, 5) is 95.3. The predicted molar refractivity (Wildman–Crippen MR) is 190 cm³/mol. The molecule has 2 saturated heterocycles. The van der Waals surface area contributed by atoms with Crippen molar-refractivity contribution in [2.75, 3.05) is 13.2 Å². The van der Waals surface area contributed by atoms with Crippen molar-refractivity contribution in [3.05, 3.63) is 24.0 Å². The lowest BCUT2D eigenvalue weighted by molar-refractivity contribution is -0.199. The van der Waals surface area contributed by atoms with E-state index in [0.717, 1.165) is 0 Å². The average Bonchev–Trinajstić information content (AvgIpc) is 3.70. The molecule has 0 aromatic carbocycles. The van der Waals surface area contributed by atoms with Gasteiger partial charge in [0.1, 0.15) is 25.4 Å². The highest BCUT2D eigenvalue weighted by Crippen LogP contribution is 2.33. The van der Waals surface area contributed by atoms with E-state index in [1.165, 1.54) is 11.1 Å². The zero-order valence-corrected chi connectivity index (χ0v) is 32.9. The Kier molecular flexibility index (Phi) is 20.0. The van der Waals surface area contributed by atoms with Crippen molar-refractivity contribution in [2.45, 2.75) is 149 Å². The summed E-state index contributed by atoms with van der Waals surface area (Å²) in [5.41, 5.74) is 5.72. The standard InChI is InChI=1S/C20H28N2O8.C17H26O9/c1-4-14(23)27-11-13-17(29-15(24)5-2)18(30-16(25)6-3)20(28-13)22-9-7-8-12(10-22)19(21)26;1-5-11(18)22-9-10-15(24-12(19)6-2)16(25-13(20)7-3)17(23-10)26-14(21)8-4/h7,9-10,13,17-18,20H,4-6,8,11H2,1-3H3,(H2,21,26);10,15-17H,5-9H2,1-4H3/t13-,17-,18-,20-;10-,15-,16-,17?/m11/s1. The third-order valence-corrected chi connectivity index (χ3v) is 8.24. The summed E-state index contributed by atoms with van der Waals surface area (Å²) in [5, 5.41) is 0. The molecule has 314 valence electrons. The molecule has 56 heavy (non-hydrogen) atoms. The monoisotopic (exact) mass is 798 g/mol. The molecule has 8 atom stereocenters. The van der Waals surface area contributed by atoms with Gasteiger partial charge in [0, 0.05) is 62.9 Å². The summed E-state index contributed by atoms with van der Waals surface area (Å²) in [7, 11) is 0. The lowest BCUT2D eigenvalue weighted by atomic mass is 10.1. The Balaban J connectivity index is 0.000000391. The molecule has 3 aliphatic heterocycles. The van der Waals surface area contributed by atoms with Crippen molar-refractivity contribution in [2.24, 2.45) is 5.73 Å².